The highest BCUT2D eigenvalue weighted by atomic mass is 28.4. The van der Waals surface area contributed by atoms with E-state index >= 15 is 0 Å². The maximum atomic E-state index is 5.76. The van der Waals surface area contributed by atoms with Crippen LogP contribution in [0.15, 0.2) is 0 Å². The molecule has 17 heavy (non-hydrogen) atoms. The van der Waals surface area contributed by atoms with E-state index in [2.05, 4.69) is 17.2 Å². The molecule has 0 fully saturated rings. The van der Waals surface area contributed by atoms with E-state index in [0.29, 0.717) is 6.54 Å². The molecule has 0 spiro atoms. The number of rotatable bonds is 12. The van der Waals surface area contributed by atoms with Crippen LogP contribution < -0.4 is 16.4 Å². The highest BCUT2D eigenvalue weighted by molar-refractivity contribution is 6.66. The number of nitrogens with one attached hydrogen (secondary N) is 2. The molecule has 0 atom stereocenters. The third-order valence-electron chi connectivity index (χ3n) is 2.45. The summed E-state index contributed by atoms with van der Waals surface area (Å²) in [6, 6.07) is 0.992. The van der Waals surface area contributed by atoms with Gasteiger partial charge >= 0.3 is 8.56 Å². The van der Waals surface area contributed by atoms with Gasteiger partial charge < -0.3 is 25.2 Å². The SMILES string of the molecule is CCO[Si](C)(CCNCCNCCN)OCC. The van der Waals surface area contributed by atoms with Crippen molar-refractivity contribution in [1.29, 1.82) is 0 Å². The normalized spacial score (nSPS) is 12.0. The van der Waals surface area contributed by atoms with Crippen molar-refractivity contribution in [2.45, 2.75) is 26.4 Å². The zero-order chi connectivity index (χ0) is 13.0. The molecule has 5 nitrogen and oxygen atoms in total. The molecule has 104 valence electrons. The molecule has 0 bridgehead atoms. The van der Waals surface area contributed by atoms with Crippen LogP contribution in [0.25, 0.3) is 0 Å². The van der Waals surface area contributed by atoms with Crippen LogP contribution in [0.5, 0.6) is 0 Å². The molecule has 0 aromatic rings. The zero-order valence-electron chi connectivity index (χ0n) is 11.6. The van der Waals surface area contributed by atoms with Crippen molar-refractivity contribution in [2.24, 2.45) is 5.73 Å². The number of hydrogen-bond donors (Lipinski definition) is 3. The van der Waals surface area contributed by atoms with E-state index in [1.807, 2.05) is 13.8 Å². The van der Waals surface area contributed by atoms with Crippen LogP contribution >= 0.6 is 0 Å². The van der Waals surface area contributed by atoms with Crippen LogP contribution in [-0.2, 0) is 8.85 Å². The zero-order valence-corrected chi connectivity index (χ0v) is 12.6. The molecule has 0 aromatic heterocycles. The average molecular weight is 263 g/mol. The summed E-state index contributed by atoms with van der Waals surface area (Å²) in [5.41, 5.74) is 5.38. The standard InChI is InChI=1S/C11H29N3O2Si/c1-4-15-17(3,16-5-2)11-10-14-9-8-13-7-6-12/h13-14H,4-12H2,1-3H3. The van der Waals surface area contributed by atoms with E-state index in [1.165, 1.54) is 0 Å². The predicted octanol–water partition coefficient (Wildman–Crippen LogP) is 0.269. The highest BCUT2D eigenvalue weighted by Crippen LogP contribution is 2.12. The smallest absolute Gasteiger partial charge is 0.336 e. The van der Waals surface area contributed by atoms with Crippen molar-refractivity contribution in [3.05, 3.63) is 0 Å². The van der Waals surface area contributed by atoms with Crippen molar-refractivity contribution in [3.63, 3.8) is 0 Å². The topological polar surface area (TPSA) is 68.5 Å². The third kappa shape index (κ3) is 9.69. The minimum absolute atomic E-state index is 0.694. The molecule has 0 heterocycles. The van der Waals surface area contributed by atoms with E-state index in [1.54, 1.807) is 0 Å². The van der Waals surface area contributed by atoms with Crippen molar-refractivity contribution < 1.29 is 8.85 Å². The van der Waals surface area contributed by atoms with Gasteiger partial charge in [0.15, 0.2) is 0 Å². The van der Waals surface area contributed by atoms with E-state index in [0.717, 1.165) is 45.4 Å². The first-order valence-corrected chi connectivity index (χ1v) is 9.10. The van der Waals surface area contributed by atoms with Gasteiger partial charge in [-0.15, -0.1) is 0 Å². The van der Waals surface area contributed by atoms with Gasteiger partial charge in [-0.3, -0.25) is 0 Å². The molecule has 6 heteroatoms. The number of hydrogen-bond acceptors (Lipinski definition) is 5. The van der Waals surface area contributed by atoms with Gasteiger partial charge in [0.2, 0.25) is 0 Å². The highest BCUT2D eigenvalue weighted by Gasteiger charge is 2.29. The lowest BCUT2D eigenvalue weighted by Crippen LogP contribution is -2.42. The fraction of sp³-hybridized carbons (Fsp3) is 1.00. The van der Waals surface area contributed by atoms with Crippen LogP contribution in [-0.4, -0.2) is 54.5 Å². The summed E-state index contributed by atoms with van der Waals surface area (Å²) in [6.07, 6.45) is 0. The summed E-state index contributed by atoms with van der Waals surface area (Å²) in [7, 11) is -1.93. The van der Waals surface area contributed by atoms with Gasteiger partial charge in [0.25, 0.3) is 0 Å². The van der Waals surface area contributed by atoms with Crippen molar-refractivity contribution in [3.8, 4) is 0 Å². The van der Waals surface area contributed by atoms with Gasteiger partial charge in [0, 0.05) is 45.4 Å². The Hall–Kier alpha value is 0.0169. The van der Waals surface area contributed by atoms with Crippen LogP contribution in [0, 0.1) is 0 Å². The Morgan fingerprint density at radius 3 is 1.94 bits per heavy atom. The van der Waals surface area contributed by atoms with Crippen LogP contribution in [0.1, 0.15) is 13.8 Å². The molecule has 4 N–H and O–H groups in total. The molecule has 0 saturated carbocycles. The maximum Gasteiger partial charge on any atom is 0.336 e. The Kier molecular flexibility index (Phi) is 11.1. The Morgan fingerprint density at radius 1 is 0.941 bits per heavy atom. The molecule has 0 saturated heterocycles. The van der Waals surface area contributed by atoms with Crippen LogP contribution in [0.3, 0.4) is 0 Å². The second-order valence-electron chi connectivity index (χ2n) is 4.04. The van der Waals surface area contributed by atoms with Crippen molar-refractivity contribution >= 4 is 8.56 Å². The quantitative estimate of drug-likeness (QED) is 0.348. The Bertz CT molecular complexity index is 167. The molecular formula is C11H29N3O2Si. The van der Waals surface area contributed by atoms with E-state index < -0.39 is 8.56 Å². The second kappa shape index (κ2) is 11.1. The van der Waals surface area contributed by atoms with Gasteiger partial charge in [-0.25, -0.2) is 0 Å². The van der Waals surface area contributed by atoms with E-state index in [-0.39, 0.29) is 0 Å². The maximum absolute atomic E-state index is 5.76. The lowest BCUT2D eigenvalue weighted by molar-refractivity contribution is 0.189. The second-order valence-corrected chi connectivity index (χ2v) is 7.38. The third-order valence-corrected chi connectivity index (χ3v) is 5.41. The van der Waals surface area contributed by atoms with E-state index in [4.69, 9.17) is 14.6 Å². The Balaban J connectivity index is 3.54. The number of nitrogens with two attached hydrogens (primary N) is 1. The molecule has 0 unspecified atom stereocenters. The first kappa shape index (κ1) is 17.0. The van der Waals surface area contributed by atoms with Gasteiger partial charge in [-0.1, -0.05) is 0 Å². The lowest BCUT2D eigenvalue weighted by atomic mass is 10.5. The van der Waals surface area contributed by atoms with Crippen LogP contribution in [0.4, 0.5) is 0 Å². The van der Waals surface area contributed by atoms with Gasteiger partial charge in [0.05, 0.1) is 0 Å². The Labute approximate surface area is 107 Å². The summed E-state index contributed by atoms with van der Waals surface area (Å²) in [5.74, 6) is 0. The minimum Gasteiger partial charge on any atom is -0.395 e. The molecule has 0 radical (unpaired) electrons. The molecule has 0 aromatic carbocycles. The van der Waals surface area contributed by atoms with Crippen molar-refractivity contribution in [2.75, 3.05) is 45.9 Å². The predicted molar refractivity (Wildman–Crippen MR) is 74.5 cm³/mol. The molecule has 0 aliphatic heterocycles. The summed E-state index contributed by atoms with van der Waals surface area (Å²) < 4.78 is 11.5. The molecule has 0 aliphatic rings. The average Bonchev–Trinajstić information content (AvgIpc) is 2.28. The minimum atomic E-state index is -1.93. The Morgan fingerprint density at radius 2 is 1.47 bits per heavy atom. The fourth-order valence-electron chi connectivity index (χ4n) is 1.64. The lowest BCUT2D eigenvalue weighted by Gasteiger charge is -2.26. The molecule has 0 rings (SSSR count). The fourth-order valence-corrected chi connectivity index (χ4v) is 3.87. The first-order chi connectivity index (χ1) is 8.18. The summed E-state index contributed by atoms with van der Waals surface area (Å²) in [5, 5.41) is 6.63. The van der Waals surface area contributed by atoms with Crippen molar-refractivity contribution in [1.82, 2.24) is 10.6 Å². The van der Waals surface area contributed by atoms with Gasteiger partial charge in [-0.05, 0) is 26.9 Å². The first-order valence-electron chi connectivity index (χ1n) is 6.58. The van der Waals surface area contributed by atoms with Crippen LogP contribution in [0.2, 0.25) is 12.6 Å². The monoisotopic (exact) mass is 263 g/mol. The molecular weight excluding hydrogens is 234 g/mol. The van der Waals surface area contributed by atoms with Gasteiger partial charge in [-0.2, -0.15) is 0 Å². The summed E-state index contributed by atoms with van der Waals surface area (Å²) >= 11 is 0. The van der Waals surface area contributed by atoms with E-state index in [9.17, 15) is 0 Å². The molecule has 0 aliphatic carbocycles. The molecule has 0 amide bonds. The summed E-state index contributed by atoms with van der Waals surface area (Å²) in [4.78, 5) is 0. The summed E-state index contributed by atoms with van der Waals surface area (Å²) in [6.45, 7) is 12.1. The largest absolute Gasteiger partial charge is 0.395 e. The van der Waals surface area contributed by atoms with Gasteiger partial charge in [0.1, 0.15) is 0 Å².